The summed E-state index contributed by atoms with van der Waals surface area (Å²) in [6.45, 7) is 12.8. The number of carbonyl (C=O) groups excluding carboxylic acids is 1. The Balaban J connectivity index is 2.65. The van der Waals surface area contributed by atoms with Gasteiger partial charge in [-0.05, 0) is 31.9 Å². The van der Waals surface area contributed by atoms with Crippen molar-refractivity contribution in [2.75, 3.05) is 24.8 Å². The maximum absolute atomic E-state index is 12.5. The third kappa shape index (κ3) is 6.18. The average Bonchev–Trinajstić information content (AvgIpc) is 2.87. The molecule has 0 radical (unpaired) electrons. The van der Waals surface area contributed by atoms with Crippen molar-refractivity contribution in [3.05, 3.63) is 11.8 Å². The van der Waals surface area contributed by atoms with Crippen LogP contribution in [0.4, 0.5) is 5.82 Å². The maximum atomic E-state index is 12.5. The highest BCUT2D eigenvalue weighted by atomic mass is 32.2. The number of ether oxygens (including phenoxy) is 1. The Morgan fingerprint density at radius 3 is 2.61 bits per heavy atom. The number of rotatable bonds is 9. The van der Waals surface area contributed by atoms with Crippen molar-refractivity contribution in [2.45, 2.75) is 58.1 Å². The minimum Gasteiger partial charge on any atom is -0.384 e. The van der Waals surface area contributed by atoms with Gasteiger partial charge in [-0.2, -0.15) is 0 Å². The van der Waals surface area contributed by atoms with Crippen LogP contribution in [0.25, 0.3) is 0 Å². The molecular formula is C17H30N2O3S. The first-order chi connectivity index (χ1) is 10.6. The molecule has 1 heterocycles. The van der Waals surface area contributed by atoms with Crippen LogP contribution in [0.5, 0.6) is 0 Å². The molecule has 0 bridgehead atoms. The van der Waals surface area contributed by atoms with Gasteiger partial charge in [0.05, 0.1) is 11.4 Å². The molecule has 0 aromatic carbocycles. The third-order valence-corrected chi connectivity index (χ3v) is 4.98. The lowest BCUT2D eigenvalue weighted by molar-refractivity contribution is -0.117. The van der Waals surface area contributed by atoms with Crippen LogP contribution in [0, 0.1) is 5.92 Å². The molecule has 23 heavy (non-hydrogen) atoms. The van der Waals surface area contributed by atoms with Crippen molar-refractivity contribution in [3.8, 4) is 0 Å². The van der Waals surface area contributed by atoms with Crippen molar-refractivity contribution in [1.29, 1.82) is 0 Å². The van der Waals surface area contributed by atoms with Crippen LogP contribution >= 0.6 is 11.8 Å². The van der Waals surface area contributed by atoms with Crippen LogP contribution in [-0.4, -0.2) is 35.3 Å². The van der Waals surface area contributed by atoms with Crippen molar-refractivity contribution in [1.82, 2.24) is 5.16 Å². The topological polar surface area (TPSA) is 64.4 Å². The van der Waals surface area contributed by atoms with Gasteiger partial charge in [-0.3, -0.25) is 4.79 Å². The molecule has 1 aromatic rings. The Bertz CT molecular complexity index is 510. The number of hydrogen-bond acceptors (Lipinski definition) is 5. The van der Waals surface area contributed by atoms with Gasteiger partial charge in [0.15, 0.2) is 5.82 Å². The highest BCUT2D eigenvalue weighted by Crippen LogP contribution is 2.29. The van der Waals surface area contributed by atoms with E-state index in [0.29, 0.717) is 24.1 Å². The van der Waals surface area contributed by atoms with Gasteiger partial charge < -0.3 is 14.6 Å². The first-order valence-corrected chi connectivity index (χ1v) is 8.98. The lowest BCUT2D eigenvalue weighted by Crippen LogP contribution is -2.34. The molecule has 1 amide bonds. The van der Waals surface area contributed by atoms with Gasteiger partial charge in [-0.25, -0.2) is 0 Å². The summed E-state index contributed by atoms with van der Waals surface area (Å²) in [6.07, 6.45) is 1.10. The van der Waals surface area contributed by atoms with Gasteiger partial charge in [0.25, 0.3) is 0 Å². The normalized spacial score (nSPS) is 12.7. The van der Waals surface area contributed by atoms with Crippen LogP contribution in [0.1, 0.15) is 53.7 Å². The molecule has 6 heteroatoms. The molecule has 1 rings (SSSR count). The number of nitrogens with one attached hydrogen (secondary N) is 1. The number of carbonyl (C=O) groups is 1. The lowest BCUT2D eigenvalue weighted by atomic mass is 9.91. The molecular weight excluding hydrogens is 312 g/mol. The third-order valence-electron chi connectivity index (χ3n) is 3.63. The Hall–Kier alpha value is -1.01. The summed E-state index contributed by atoms with van der Waals surface area (Å²) < 4.78 is 10.0. The number of anilines is 1. The summed E-state index contributed by atoms with van der Waals surface area (Å²) in [5, 5.41) is 6.80. The van der Waals surface area contributed by atoms with Crippen molar-refractivity contribution in [3.63, 3.8) is 0 Å². The van der Waals surface area contributed by atoms with E-state index in [-0.39, 0.29) is 11.3 Å². The number of methoxy groups -OCH3 is 1. The highest BCUT2D eigenvalue weighted by molar-refractivity contribution is 8.01. The smallest absolute Gasteiger partial charge is 0.241 e. The van der Waals surface area contributed by atoms with E-state index in [2.05, 4.69) is 24.3 Å². The predicted molar refractivity (Wildman–Crippen MR) is 96.0 cm³/mol. The summed E-state index contributed by atoms with van der Waals surface area (Å²) >= 11 is 1.66. The SMILES string of the molecule is COCC(C)(C)c1cc(NC(=O)C(C)(C)SCCC(C)C)no1. The van der Waals surface area contributed by atoms with E-state index in [1.54, 1.807) is 24.9 Å². The van der Waals surface area contributed by atoms with Gasteiger partial charge >= 0.3 is 0 Å². The molecule has 1 N–H and O–H groups in total. The standard InChI is InChI=1S/C17H30N2O3S/c1-12(2)8-9-23-17(5,6)15(20)18-14-10-13(22-19-14)16(3,4)11-21-7/h10,12H,8-9,11H2,1-7H3,(H,18,19,20). The molecule has 0 atom stereocenters. The Morgan fingerprint density at radius 2 is 2.04 bits per heavy atom. The zero-order valence-electron chi connectivity index (χ0n) is 15.4. The van der Waals surface area contributed by atoms with Crippen molar-refractivity contribution in [2.24, 2.45) is 5.92 Å². The molecule has 0 fully saturated rings. The van der Waals surface area contributed by atoms with E-state index in [1.807, 2.05) is 27.7 Å². The zero-order valence-corrected chi connectivity index (χ0v) is 16.2. The minimum absolute atomic E-state index is 0.0596. The van der Waals surface area contributed by atoms with Gasteiger partial charge in [0.1, 0.15) is 5.76 Å². The molecule has 5 nitrogen and oxygen atoms in total. The molecule has 0 unspecified atom stereocenters. The summed E-state index contributed by atoms with van der Waals surface area (Å²) in [5.74, 6) is 2.69. The van der Waals surface area contributed by atoms with E-state index < -0.39 is 4.75 Å². The number of thioether (sulfide) groups is 1. The van der Waals surface area contributed by atoms with Crippen LogP contribution in [-0.2, 0) is 14.9 Å². The van der Waals surface area contributed by atoms with E-state index in [4.69, 9.17) is 9.26 Å². The second-order valence-corrected chi connectivity index (χ2v) is 9.11. The molecule has 132 valence electrons. The predicted octanol–water partition coefficient (Wildman–Crippen LogP) is 4.10. The monoisotopic (exact) mass is 342 g/mol. The first kappa shape index (κ1) is 20.0. The van der Waals surface area contributed by atoms with E-state index >= 15 is 0 Å². The Morgan fingerprint density at radius 1 is 1.39 bits per heavy atom. The first-order valence-electron chi connectivity index (χ1n) is 8.00. The highest BCUT2D eigenvalue weighted by Gasteiger charge is 2.30. The van der Waals surface area contributed by atoms with Crippen molar-refractivity contribution < 1.29 is 14.1 Å². The van der Waals surface area contributed by atoms with Gasteiger partial charge in [0.2, 0.25) is 5.91 Å². The fourth-order valence-corrected chi connectivity index (χ4v) is 3.25. The molecule has 0 aliphatic carbocycles. The largest absolute Gasteiger partial charge is 0.384 e. The zero-order chi connectivity index (χ0) is 17.7. The van der Waals surface area contributed by atoms with E-state index in [9.17, 15) is 4.79 Å². The van der Waals surface area contributed by atoms with Crippen LogP contribution in [0.3, 0.4) is 0 Å². The minimum atomic E-state index is -0.504. The van der Waals surface area contributed by atoms with Gasteiger partial charge in [-0.15, -0.1) is 11.8 Å². The van der Waals surface area contributed by atoms with E-state index in [0.717, 1.165) is 12.2 Å². The summed E-state index contributed by atoms with van der Waals surface area (Å²) in [5.41, 5.74) is -0.285. The second kappa shape index (κ2) is 8.20. The average molecular weight is 343 g/mol. The van der Waals surface area contributed by atoms with Crippen LogP contribution in [0.15, 0.2) is 10.6 Å². The molecule has 0 aliphatic rings. The van der Waals surface area contributed by atoms with Crippen LogP contribution in [0.2, 0.25) is 0 Å². The lowest BCUT2D eigenvalue weighted by Gasteiger charge is -2.22. The second-order valence-electron chi connectivity index (χ2n) is 7.39. The Labute approximate surface area is 143 Å². The summed E-state index contributed by atoms with van der Waals surface area (Å²) in [7, 11) is 1.65. The van der Waals surface area contributed by atoms with E-state index in [1.165, 1.54) is 0 Å². The quantitative estimate of drug-likeness (QED) is 0.732. The molecule has 0 saturated carbocycles. The molecule has 0 spiro atoms. The fraction of sp³-hybridized carbons (Fsp3) is 0.765. The molecule has 1 aromatic heterocycles. The van der Waals surface area contributed by atoms with Gasteiger partial charge in [0, 0.05) is 18.6 Å². The number of aromatic nitrogens is 1. The van der Waals surface area contributed by atoms with Gasteiger partial charge in [-0.1, -0.05) is 32.9 Å². The number of amides is 1. The molecule has 0 aliphatic heterocycles. The summed E-state index contributed by atoms with van der Waals surface area (Å²) in [4.78, 5) is 12.5. The number of hydrogen-bond donors (Lipinski definition) is 1. The van der Waals surface area contributed by atoms with Crippen molar-refractivity contribution >= 4 is 23.5 Å². The maximum Gasteiger partial charge on any atom is 0.241 e. The Kier molecular flexibility index (Phi) is 7.14. The fourth-order valence-electron chi connectivity index (χ4n) is 1.97. The summed E-state index contributed by atoms with van der Waals surface area (Å²) in [6, 6.07) is 1.77. The van der Waals surface area contributed by atoms with Crippen LogP contribution < -0.4 is 5.32 Å². The number of nitrogens with zero attached hydrogens (tertiary/aromatic N) is 1. The molecule has 0 saturated heterocycles.